The first-order chi connectivity index (χ1) is 14.7. The monoisotopic (exact) mass is 505 g/mol. The summed E-state index contributed by atoms with van der Waals surface area (Å²) in [5.74, 6) is -0.294. The SMILES string of the molecule is CC[C@@H](C)c1nc2ccc(Br)cc2c(=O)n1N=Cc1cc(Cl)ccc1O[C@H](C)C(=O)O. The molecule has 0 fully saturated rings. The van der Waals surface area contributed by atoms with Gasteiger partial charge in [-0.3, -0.25) is 4.79 Å². The van der Waals surface area contributed by atoms with Crippen LogP contribution in [0, 0.1) is 0 Å². The molecule has 0 aliphatic carbocycles. The average molecular weight is 507 g/mol. The molecule has 0 saturated heterocycles. The maximum Gasteiger partial charge on any atom is 0.344 e. The molecule has 0 aliphatic rings. The van der Waals surface area contributed by atoms with Gasteiger partial charge in [0.05, 0.1) is 17.1 Å². The summed E-state index contributed by atoms with van der Waals surface area (Å²) in [6, 6.07) is 10.1. The van der Waals surface area contributed by atoms with Crippen molar-refractivity contribution in [2.24, 2.45) is 5.10 Å². The van der Waals surface area contributed by atoms with Crippen LogP contribution in [-0.2, 0) is 4.79 Å². The average Bonchev–Trinajstić information content (AvgIpc) is 2.74. The van der Waals surface area contributed by atoms with Crippen LogP contribution in [0.4, 0.5) is 0 Å². The lowest BCUT2D eigenvalue weighted by Gasteiger charge is -2.15. The highest BCUT2D eigenvalue weighted by molar-refractivity contribution is 9.10. The fraction of sp³-hybridized carbons (Fsp3) is 0.273. The van der Waals surface area contributed by atoms with Crippen LogP contribution >= 0.6 is 27.5 Å². The maximum absolute atomic E-state index is 13.2. The van der Waals surface area contributed by atoms with Crippen LogP contribution in [0.3, 0.4) is 0 Å². The van der Waals surface area contributed by atoms with Crippen molar-refractivity contribution in [3.63, 3.8) is 0 Å². The molecule has 0 unspecified atom stereocenters. The van der Waals surface area contributed by atoms with E-state index in [-0.39, 0.29) is 17.2 Å². The van der Waals surface area contributed by atoms with Gasteiger partial charge in [0.1, 0.15) is 11.6 Å². The van der Waals surface area contributed by atoms with Crippen LogP contribution in [0.25, 0.3) is 10.9 Å². The molecule has 0 bridgehead atoms. The van der Waals surface area contributed by atoms with Crippen LogP contribution in [0.5, 0.6) is 5.75 Å². The first-order valence-corrected chi connectivity index (χ1v) is 10.8. The van der Waals surface area contributed by atoms with Crippen molar-refractivity contribution >= 4 is 50.6 Å². The van der Waals surface area contributed by atoms with Gasteiger partial charge in [0.2, 0.25) is 0 Å². The van der Waals surface area contributed by atoms with E-state index in [1.165, 1.54) is 17.8 Å². The Balaban J connectivity index is 2.15. The van der Waals surface area contributed by atoms with Gasteiger partial charge in [-0.15, -0.1) is 0 Å². The predicted molar refractivity (Wildman–Crippen MR) is 125 cm³/mol. The Bertz CT molecular complexity index is 1230. The predicted octanol–water partition coefficient (Wildman–Crippen LogP) is 5.06. The van der Waals surface area contributed by atoms with Gasteiger partial charge in [0.15, 0.2) is 6.10 Å². The minimum absolute atomic E-state index is 0.0139. The Morgan fingerprint density at radius 2 is 2.06 bits per heavy atom. The zero-order chi connectivity index (χ0) is 22.7. The summed E-state index contributed by atoms with van der Waals surface area (Å²) in [7, 11) is 0. The Kier molecular flexibility index (Phi) is 7.12. The normalized spacial score (nSPS) is 13.5. The highest BCUT2D eigenvalue weighted by Crippen LogP contribution is 2.24. The lowest BCUT2D eigenvalue weighted by molar-refractivity contribution is -0.144. The van der Waals surface area contributed by atoms with Gasteiger partial charge < -0.3 is 9.84 Å². The molecule has 1 heterocycles. The Hall–Kier alpha value is -2.71. The minimum Gasteiger partial charge on any atom is -0.479 e. The molecule has 3 rings (SSSR count). The largest absolute Gasteiger partial charge is 0.479 e. The standard InChI is InChI=1S/C22H21BrClN3O4/c1-4-12(2)20-26-18-7-5-15(23)10-17(18)21(28)27(20)25-11-14-9-16(24)6-8-19(14)31-13(3)22(29)30/h5-13H,4H2,1-3H3,(H,29,30)/t12-,13-/m1/s1. The van der Waals surface area contributed by atoms with E-state index in [9.17, 15) is 9.59 Å². The van der Waals surface area contributed by atoms with E-state index in [1.54, 1.807) is 30.3 Å². The van der Waals surface area contributed by atoms with Crippen LogP contribution < -0.4 is 10.3 Å². The van der Waals surface area contributed by atoms with E-state index in [2.05, 4.69) is 26.0 Å². The number of ether oxygens (including phenoxy) is 1. The molecule has 162 valence electrons. The summed E-state index contributed by atoms with van der Waals surface area (Å²) in [6.07, 6.45) is 1.13. The molecule has 2 atom stereocenters. The van der Waals surface area contributed by atoms with E-state index in [4.69, 9.17) is 21.4 Å². The summed E-state index contributed by atoms with van der Waals surface area (Å²) in [4.78, 5) is 29.0. The number of aromatic nitrogens is 2. The third-order valence-corrected chi connectivity index (χ3v) is 5.55. The van der Waals surface area contributed by atoms with Crippen molar-refractivity contribution in [2.45, 2.75) is 39.2 Å². The zero-order valence-electron chi connectivity index (χ0n) is 17.2. The molecule has 31 heavy (non-hydrogen) atoms. The van der Waals surface area contributed by atoms with Crippen molar-refractivity contribution in [3.05, 3.63) is 67.6 Å². The van der Waals surface area contributed by atoms with Gasteiger partial charge >= 0.3 is 5.97 Å². The molecule has 1 N–H and O–H groups in total. The van der Waals surface area contributed by atoms with Gasteiger partial charge in [-0.1, -0.05) is 41.4 Å². The molecule has 0 amide bonds. The number of hydrogen-bond donors (Lipinski definition) is 1. The summed E-state index contributed by atoms with van der Waals surface area (Å²) in [6.45, 7) is 5.41. The van der Waals surface area contributed by atoms with Crippen LogP contribution in [0.2, 0.25) is 5.02 Å². The van der Waals surface area contributed by atoms with E-state index in [1.807, 2.05) is 19.9 Å². The Labute approximate surface area is 192 Å². The lowest BCUT2D eigenvalue weighted by atomic mass is 10.1. The Morgan fingerprint density at radius 3 is 2.74 bits per heavy atom. The molecule has 2 aromatic carbocycles. The second-order valence-corrected chi connectivity index (χ2v) is 8.43. The van der Waals surface area contributed by atoms with Crippen molar-refractivity contribution in [1.82, 2.24) is 9.66 Å². The third kappa shape index (κ3) is 5.14. The van der Waals surface area contributed by atoms with E-state index in [0.29, 0.717) is 27.3 Å². The summed E-state index contributed by atoms with van der Waals surface area (Å²) in [5, 5.41) is 14.4. The summed E-state index contributed by atoms with van der Waals surface area (Å²) < 4.78 is 7.54. The topological polar surface area (TPSA) is 93.8 Å². The number of benzene rings is 2. The van der Waals surface area contributed by atoms with Gasteiger partial charge in [0.25, 0.3) is 5.56 Å². The van der Waals surface area contributed by atoms with Crippen molar-refractivity contribution in [2.75, 3.05) is 0 Å². The maximum atomic E-state index is 13.2. The van der Waals surface area contributed by atoms with Gasteiger partial charge in [-0.05, 0) is 49.7 Å². The highest BCUT2D eigenvalue weighted by Gasteiger charge is 2.17. The number of aliphatic carboxylic acids is 1. The number of rotatable bonds is 7. The molecule has 0 aliphatic heterocycles. The zero-order valence-corrected chi connectivity index (χ0v) is 19.5. The van der Waals surface area contributed by atoms with Crippen LogP contribution in [-0.4, -0.2) is 33.1 Å². The third-order valence-electron chi connectivity index (χ3n) is 4.82. The second kappa shape index (κ2) is 9.62. The summed E-state index contributed by atoms with van der Waals surface area (Å²) >= 11 is 9.50. The van der Waals surface area contributed by atoms with Gasteiger partial charge in [-0.25, -0.2) is 9.78 Å². The number of halogens is 2. The smallest absolute Gasteiger partial charge is 0.344 e. The molecule has 0 spiro atoms. The van der Waals surface area contributed by atoms with Crippen molar-refractivity contribution in [1.29, 1.82) is 0 Å². The molecule has 9 heteroatoms. The molecular weight excluding hydrogens is 486 g/mol. The molecule has 7 nitrogen and oxygen atoms in total. The quantitative estimate of drug-likeness (QED) is 0.452. The fourth-order valence-corrected chi connectivity index (χ4v) is 3.41. The molecular formula is C22H21BrClN3O4. The number of hydrogen-bond acceptors (Lipinski definition) is 5. The van der Waals surface area contributed by atoms with Gasteiger partial charge in [0, 0.05) is 21.0 Å². The number of carboxylic acid groups (broad SMARTS) is 1. The van der Waals surface area contributed by atoms with Crippen LogP contribution in [0.15, 0.2) is 50.8 Å². The first-order valence-electron chi connectivity index (χ1n) is 9.66. The van der Waals surface area contributed by atoms with E-state index < -0.39 is 12.1 Å². The fourth-order valence-electron chi connectivity index (χ4n) is 2.87. The van der Waals surface area contributed by atoms with Crippen molar-refractivity contribution in [3.8, 4) is 5.75 Å². The lowest BCUT2D eigenvalue weighted by Crippen LogP contribution is -2.24. The Morgan fingerprint density at radius 1 is 1.32 bits per heavy atom. The number of carboxylic acids is 1. The van der Waals surface area contributed by atoms with E-state index >= 15 is 0 Å². The molecule has 0 radical (unpaired) electrons. The van der Waals surface area contributed by atoms with Gasteiger partial charge in [-0.2, -0.15) is 9.78 Å². The minimum atomic E-state index is -1.10. The number of fused-ring (bicyclic) bond motifs is 1. The van der Waals surface area contributed by atoms with Crippen LogP contribution in [0.1, 0.15) is 44.5 Å². The highest BCUT2D eigenvalue weighted by atomic mass is 79.9. The van der Waals surface area contributed by atoms with E-state index in [0.717, 1.165) is 10.9 Å². The molecule has 3 aromatic rings. The first kappa shape index (κ1) is 23.0. The summed E-state index contributed by atoms with van der Waals surface area (Å²) in [5.41, 5.74) is 0.732. The van der Waals surface area contributed by atoms with Crippen molar-refractivity contribution < 1.29 is 14.6 Å². The second-order valence-electron chi connectivity index (χ2n) is 7.08. The number of nitrogens with zero attached hydrogens (tertiary/aromatic N) is 3. The molecule has 0 saturated carbocycles. The number of carbonyl (C=O) groups is 1. The molecule has 1 aromatic heterocycles.